The van der Waals surface area contributed by atoms with Gasteiger partial charge in [-0.25, -0.2) is 4.98 Å². The minimum atomic E-state index is 0.0454. The van der Waals surface area contributed by atoms with Gasteiger partial charge < -0.3 is 15.3 Å². The van der Waals surface area contributed by atoms with Crippen molar-refractivity contribution in [3.63, 3.8) is 0 Å². The molecular formula is C10H18N4O. The van der Waals surface area contributed by atoms with Crippen LogP contribution in [0, 0.1) is 6.92 Å². The molecule has 0 radical (unpaired) electrons. The molecule has 84 valence electrons. The SMILES string of the molecule is CNc1nc(C)cc(N(C)C(C)CO)n1. The third-order valence-corrected chi connectivity index (χ3v) is 2.35. The minimum absolute atomic E-state index is 0.0454. The van der Waals surface area contributed by atoms with Crippen molar-refractivity contribution in [3.8, 4) is 0 Å². The zero-order chi connectivity index (χ0) is 11.4. The molecule has 0 amide bonds. The van der Waals surface area contributed by atoms with Gasteiger partial charge >= 0.3 is 0 Å². The standard InChI is InChI=1S/C10H18N4O/c1-7-5-9(13-10(11-3)12-7)14(4)8(2)6-15/h5,8,15H,6H2,1-4H3,(H,11,12,13). The summed E-state index contributed by atoms with van der Waals surface area (Å²) in [6, 6.07) is 1.94. The lowest BCUT2D eigenvalue weighted by Crippen LogP contribution is -2.32. The molecule has 15 heavy (non-hydrogen) atoms. The molecule has 0 fully saturated rings. The molecule has 0 aliphatic carbocycles. The molecule has 1 unspecified atom stereocenters. The van der Waals surface area contributed by atoms with Gasteiger partial charge in [0.25, 0.3) is 0 Å². The molecule has 0 bridgehead atoms. The predicted molar refractivity (Wildman–Crippen MR) is 61.3 cm³/mol. The van der Waals surface area contributed by atoms with E-state index in [1.165, 1.54) is 0 Å². The van der Waals surface area contributed by atoms with Gasteiger partial charge in [0.05, 0.1) is 12.6 Å². The maximum atomic E-state index is 9.06. The highest BCUT2D eigenvalue weighted by molar-refractivity contribution is 5.44. The lowest BCUT2D eigenvalue weighted by molar-refractivity contribution is 0.270. The number of anilines is 2. The van der Waals surface area contributed by atoms with Crippen molar-refractivity contribution in [2.45, 2.75) is 19.9 Å². The van der Waals surface area contributed by atoms with Crippen LogP contribution in [0.1, 0.15) is 12.6 Å². The molecule has 0 saturated heterocycles. The number of aliphatic hydroxyl groups is 1. The summed E-state index contributed by atoms with van der Waals surface area (Å²) in [6.07, 6.45) is 0. The number of nitrogens with zero attached hydrogens (tertiary/aromatic N) is 3. The van der Waals surface area contributed by atoms with Crippen LogP contribution in [-0.4, -0.2) is 41.8 Å². The molecule has 0 aromatic carbocycles. The van der Waals surface area contributed by atoms with Crippen LogP contribution in [0.5, 0.6) is 0 Å². The molecule has 2 N–H and O–H groups in total. The van der Waals surface area contributed by atoms with Crippen molar-refractivity contribution in [2.24, 2.45) is 0 Å². The zero-order valence-corrected chi connectivity index (χ0v) is 9.65. The van der Waals surface area contributed by atoms with Gasteiger partial charge in [-0.05, 0) is 13.8 Å². The maximum absolute atomic E-state index is 9.06. The molecule has 1 atom stereocenters. The quantitative estimate of drug-likeness (QED) is 0.764. The van der Waals surface area contributed by atoms with E-state index in [1.54, 1.807) is 7.05 Å². The Morgan fingerprint density at radius 1 is 1.53 bits per heavy atom. The molecule has 5 nitrogen and oxygen atoms in total. The Morgan fingerprint density at radius 2 is 2.20 bits per heavy atom. The van der Waals surface area contributed by atoms with E-state index in [1.807, 2.05) is 31.9 Å². The van der Waals surface area contributed by atoms with Crippen LogP contribution in [0.2, 0.25) is 0 Å². The Labute approximate surface area is 90.2 Å². The Hall–Kier alpha value is -1.36. The van der Waals surface area contributed by atoms with Crippen LogP contribution in [0.25, 0.3) is 0 Å². The van der Waals surface area contributed by atoms with Gasteiger partial charge in [-0.3, -0.25) is 0 Å². The van der Waals surface area contributed by atoms with Crippen molar-refractivity contribution in [1.29, 1.82) is 0 Å². The van der Waals surface area contributed by atoms with Crippen molar-refractivity contribution in [1.82, 2.24) is 9.97 Å². The number of aliphatic hydroxyl groups excluding tert-OH is 1. The number of nitrogens with one attached hydrogen (secondary N) is 1. The second-order valence-electron chi connectivity index (χ2n) is 3.58. The topological polar surface area (TPSA) is 61.3 Å². The summed E-state index contributed by atoms with van der Waals surface area (Å²) >= 11 is 0. The number of likely N-dealkylation sites (N-methyl/N-ethyl adjacent to an activating group) is 1. The summed E-state index contributed by atoms with van der Waals surface area (Å²) in [4.78, 5) is 10.4. The van der Waals surface area contributed by atoms with Gasteiger partial charge in [0, 0.05) is 25.9 Å². The number of hydrogen-bond acceptors (Lipinski definition) is 5. The largest absolute Gasteiger partial charge is 0.394 e. The van der Waals surface area contributed by atoms with Gasteiger partial charge in [0.2, 0.25) is 5.95 Å². The lowest BCUT2D eigenvalue weighted by Gasteiger charge is -2.24. The molecule has 0 spiro atoms. The smallest absolute Gasteiger partial charge is 0.224 e. The van der Waals surface area contributed by atoms with E-state index in [2.05, 4.69) is 15.3 Å². The van der Waals surface area contributed by atoms with Crippen LogP contribution < -0.4 is 10.2 Å². The maximum Gasteiger partial charge on any atom is 0.224 e. The monoisotopic (exact) mass is 210 g/mol. The lowest BCUT2D eigenvalue weighted by atomic mass is 10.3. The van der Waals surface area contributed by atoms with Crippen LogP contribution >= 0.6 is 0 Å². The average molecular weight is 210 g/mol. The molecule has 0 aliphatic heterocycles. The highest BCUT2D eigenvalue weighted by atomic mass is 16.3. The Kier molecular flexibility index (Phi) is 3.85. The summed E-state index contributed by atoms with van der Waals surface area (Å²) in [6.45, 7) is 3.97. The van der Waals surface area contributed by atoms with E-state index >= 15 is 0 Å². The van der Waals surface area contributed by atoms with E-state index < -0.39 is 0 Å². The van der Waals surface area contributed by atoms with Crippen molar-refractivity contribution in [3.05, 3.63) is 11.8 Å². The van der Waals surface area contributed by atoms with E-state index in [4.69, 9.17) is 5.11 Å². The van der Waals surface area contributed by atoms with Crippen LogP contribution in [0.3, 0.4) is 0 Å². The van der Waals surface area contributed by atoms with Gasteiger partial charge in [0.15, 0.2) is 0 Å². The normalized spacial score (nSPS) is 12.3. The number of hydrogen-bond donors (Lipinski definition) is 2. The van der Waals surface area contributed by atoms with E-state index in [0.717, 1.165) is 11.5 Å². The fraction of sp³-hybridized carbons (Fsp3) is 0.600. The number of rotatable bonds is 4. The summed E-state index contributed by atoms with van der Waals surface area (Å²) in [5.41, 5.74) is 0.904. The first-order valence-corrected chi connectivity index (χ1v) is 4.95. The average Bonchev–Trinajstić information content (AvgIpc) is 2.26. The summed E-state index contributed by atoms with van der Waals surface area (Å²) in [7, 11) is 3.69. The van der Waals surface area contributed by atoms with Gasteiger partial charge in [0.1, 0.15) is 5.82 Å². The minimum Gasteiger partial charge on any atom is -0.394 e. The highest BCUT2D eigenvalue weighted by Gasteiger charge is 2.11. The zero-order valence-electron chi connectivity index (χ0n) is 9.65. The molecule has 1 heterocycles. The van der Waals surface area contributed by atoms with Gasteiger partial charge in [-0.15, -0.1) is 0 Å². The summed E-state index contributed by atoms with van der Waals surface area (Å²) < 4.78 is 0. The third-order valence-electron chi connectivity index (χ3n) is 2.35. The molecule has 5 heteroatoms. The van der Waals surface area contributed by atoms with Crippen molar-refractivity contribution < 1.29 is 5.11 Å². The molecule has 1 rings (SSSR count). The fourth-order valence-corrected chi connectivity index (χ4v) is 1.19. The molecule has 1 aromatic rings. The van der Waals surface area contributed by atoms with Crippen molar-refractivity contribution >= 4 is 11.8 Å². The first-order chi connectivity index (χ1) is 7.08. The number of aromatic nitrogens is 2. The third kappa shape index (κ3) is 2.79. The first-order valence-electron chi connectivity index (χ1n) is 4.95. The van der Waals surface area contributed by atoms with Gasteiger partial charge in [-0.1, -0.05) is 0 Å². The Balaban J connectivity index is 2.97. The first kappa shape index (κ1) is 11.7. The van der Waals surface area contributed by atoms with E-state index in [0.29, 0.717) is 5.95 Å². The highest BCUT2D eigenvalue weighted by Crippen LogP contribution is 2.15. The van der Waals surface area contributed by atoms with Gasteiger partial charge in [-0.2, -0.15) is 4.98 Å². The Bertz CT molecular complexity index is 329. The van der Waals surface area contributed by atoms with E-state index in [9.17, 15) is 0 Å². The van der Waals surface area contributed by atoms with Crippen LogP contribution in [0.15, 0.2) is 6.07 Å². The molecule has 0 aliphatic rings. The second kappa shape index (κ2) is 4.93. The predicted octanol–water partition coefficient (Wildman–Crippen LogP) is 0.644. The van der Waals surface area contributed by atoms with Crippen LogP contribution in [0.4, 0.5) is 11.8 Å². The number of aryl methyl sites for hydroxylation is 1. The Morgan fingerprint density at radius 3 is 2.73 bits per heavy atom. The van der Waals surface area contributed by atoms with Crippen molar-refractivity contribution in [2.75, 3.05) is 30.9 Å². The molecule has 1 aromatic heterocycles. The summed E-state index contributed by atoms with van der Waals surface area (Å²) in [5.74, 6) is 1.41. The molecule has 0 saturated carbocycles. The molecular weight excluding hydrogens is 192 g/mol. The summed E-state index contributed by atoms with van der Waals surface area (Å²) in [5, 5.41) is 12.0. The van der Waals surface area contributed by atoms with E-state index in [-0.39, 0.29) is 12.6 Å². The second-order valence-corrected chi connectivity index (χ2v) is 3.58. The fourth-order valence-electron chi connectivity index (χ4n) is 1.19. The van der Waals surface area contributed by atoms with Crippen LogP contribution in [-0.2, 0) is 0 Å².